The Balaban J connectivity index is 1.45. The molecule has 0 spiro atoms. The van der Waals surface area contributed by atoms with E-state index in [4.69, 9.17) is 23.2 Å². The smallest absolute Gasteiger partial charge is 0.229 e. The van der Waals surface area contributed by atoms with Crippen LogP contribution in [-0.2, 0) is 11.3 Å². The van der Waals surface area contributed by atoms with Crippen LogP contribution in [0.1, 0.15) is 12.8 Å². The molecule has 0 atom stereocenters. The highest BCUT2D eigenvalue weighted by atomic mass is 35.5. The maximum absolute atomic E-state index is 13.1. The zero-order valence-electron chi connectivity index (χ0n) is 16.6. The van der Waals surface area contributed by atoms with Gasteiger partial charge in [0.05, 0.1) is 16.0 Å². The molecule has 0 saturated heterocycles. The van der Waals surface area contributed by atoms with E-state index in [1.165, 1.54) is 11.3 Å². The molecule has 5 nitrogen and oxygen atoms in total. The van der Waals surface area contributed by atoms with Gasteiger partial charge in [-0.25, -0.2) is 9.97 Å². The van der Waals surface area contributed by atoms with Gasteiger partial charge in [-0.15, -0.1) is 11.8 Å². The van der Waals surface area contributed by atoms with Gasteiger partial charge in [-0.1, -0.05) is 40.6 Å². The van der Waals surface area contributed by atoms with Gasteiger partial charge in [-0.05, 0) is 42.8 Å². The summed E-state index contributed by atoms with van der Waals surface area (Å²) in [5.74, 6) is 0.742. The predicted molar refractivity (Wildman–Crippen MR) is 131 cm³/mol. The average molecular weight is 491 g/mol. The van der Waals surface area contributed by atoms with Crippen molar-refractivity contribution in [2.24, 2.45) is 0 Å². The van der Waals surface area contributed by atoms with Crippen LogP contribution < -0.4 is 4.90 Å². The molecular formula is C22H20Cl2N4OS2. The summed E-state index contributed by atoms with van der Waals surface area (Å²) in [6.07, 6.45) is 6.68. The number of para-hydroxylation sites is 1. The van der Waals surface area contributed by atoms with Crippen molar-refractivity contribution in [2.45, 2.75) is 24.3 Å². The SMILES string of the molecule is O=C(CCSc1ccc(Cl)cc1)N(CCCn1ccnc1)c1nc2c(Cl)cccc2s1. The van der Waals surface area contributed by atoms with E-state index in [9.17, 15) is 4.79 Å². The number of benzene rings is 2. The number of amides is 1. The zero-order valence-corrected chi connectivity index (χ0v) is 19.7. The molecule has 0 aliphatic rings. The summed E-state index contributed by atoms with van der Waals surface area (Å²) < 4.78 is 2.99. The normalized spacial score (nSPS) is 11.2. The lowest BCUT2D eigenvalue weighted by Crippen LogP contribution is -2.32. The highest BCUT2D eigenvalue weighted by molar-refractivity contribution is 7.99. The Hall–Kier alpha value is -2.06. The molecule has 2 heterocycles. The van der Waals surface area contributed by atoms with Crippen LogP contribution in [0.15, 0.2) is 66.1 Å². The number of rotatable bonds is 9. The second kappa shape index (κ2) is 10.5. The summed E-state index contributed by atoms with van der Waals surface area (Å²) in [6, 6.07) is 13.4. The van der Waals surface area contributed by atoms with E-state index >= 15 is 0 Å². The molecule has 0 unspecified atom stereocenters. The average Bonchev–Trinajstić information content (AvgIpc) is 3.43. The van der Waals surface area contributed by atoms with Crippen LogP contribution in [0.2, 0.25) is 10.0 Å². The molecular weight excluding hydrogens is 471 g/mol. The summed E-state index contributed by atoms with van der Waals surface area (Å²) in [6.45, 7) is 1.37. The van der Waals surface area contributed by atoms with Crippen LogP contribution in [0.4, 0.5) is 5.13 Å². The first-order chi connectivity index (χ1) is 15.1. The van der Waals surface area contributed by atoms with Crippen LogP contribution >= 0.6 is 46.3 Å². The quantitative estimate of drug-likeness (QED) is 0.254. The third kappa shape index (κ3) is 5.80. The van der Waals surface area contributed by atoms with E-state index in [1.807, 2.05) is 53.2 Å². The molecule has 2 aromatic carbocycles. The number of halogens is 2. The molecule has 9 heteroatoms. The number of carbonyl (C=O) groups excluding carboxylic acids is 1. The fraction of sp³-hybridized carbons (Fsp3) is 0.227. The summed E-state index contributed by atoms with van der Waals surface area (Å²) in [4.78, 5) is 24.8. The largest absolute Gasteiger partial charge is 0.337 e. The monoisotopic (exact) mass is 490 g/mol. The molecule has 160 valence electrons. The van der Waals surface area contributed by atoms with Crippen molar-refractivity contribution in [2.75, 3.05) is 17.2 Å². The highest BCUT2D eigenvalue weighted by Gasteiger charge is 2.20. The molecule has 0 radical (unpaired) electrons. The van der Waals surface area contributed by atoms with Crippen molar-refractivity contribution in [3.63, 3.8) is 0 Å². The first-order valence-corrected chi connectivity index (χ1v) is 12.4. The topological polar surface area (TPSA) is 51.0 Å². The zero-order chi connectivity index (χ0) is 21.6. The lowest BCUT2D eigenvalue weighted by atomic mass is 10.3. The molecule has 4 rings (SSSR count). The predicted octanol–water partition coefficient (Wildman–Crippen LogP) is 6.41. The van der Waals surface area contributed by atoms with Gasteiger partial charge in [0.15, 0.2) is 5.13 Å². The number of fused-ring (bicyclic) bond motifs is 1. The fourth-order valence-electron chi connectivity index (χ4n) is 3.10. The molecule has 2 aromatic heterocycles. The number of aryl methyl sites for hydroxylation is 1. The molecule has 1 amide bonds. The van der Waals surface area contributed by atoms with Crippen molar-refractivity contribution in [1.29, 1.82) is 0 Å². The van der Waals surface area contributed by atoms with E-state index in [0.29, 0.717) is 33.9 Å². The molecule has 4 aromatic rings. The Morgan fingerprint density at radius 1 is 1.16 bits per heavy atom. The Labute approximate surface area is 199 Å². The summed E-state index contributed by atoms with van der Waals surface area (Å²) in [5, 5.41) is 2.00. The summed E-state index contributed by atoms with van der Waals surface area (Å²) >= 11 is 15.4. The van der Waals surface area contributed by atoms with Gasteiger partial charge < -0.3 is 4.57 Å². The first kappa shape index (κ1) is 22.1. The number of carbonyl (C=O) groups is 1. The van der Waals surface area contributed by atoms with Gasteiger partial charge in [-0.2, -0.15) is 0 Å². The van der Waals surface area contributed by atoms with Crippen molar-refractivity contribution in [3.8, 4) is 0 Å². The minimum atomic E-state index is 0.0577. The first-order valence-electron chi connectivity index (χ1n) is 9.80. The Kier molecular flexibility index (Phi) is 7.50. The molecule has 0 aliphatic carbocycles. The van der Waals surface area contributed by atoms with Gasteiger partial charge >= 0.3 is 0 Å². The van der Waals surface area contributed by atoms with E-state index in [0.717, 1.165) is 28.1 Å². The van der Waals surface area contributed by atoms with Gasteiger partial charge in [0.25, 0.3) is 0 Å². The molecule has 0 aliphatic heterocycles. The number of aromatic nitrogens is 3. The molecule has 0 bridgehead atoms. The third-order valence-electron chi connectivity index (χ3n) is 4.65. The lowest BCUT2D eigenvalue weighted by Gasteiger charge is -2.20. The molecule has 0 saturated carbocycles. The third-order valence-corrected chi connectivity index (χ3v) is 7.26. The van der Waals surface area contributed by atoms with Crippen LogP contribution in [-0.4, -0.2) is 32.7 Å². The number of hydrogen-bond donors (Lipinski definition) is 0. The van der Waals surface area contributed by atoms with E-state index < -0.39 is 0 Å². The Morgan fingerprint density at radius 3 is 2.74 bits per heavy atom. The van der Waals surface area contributed by atoms with Gasteiger partial charge in [-0.3, -0.25) is 9.69 Å². The minimum Gasteiger partial charge on any atom is -0.337 e. The van der Waals surface area contributed by atoms with E-state index in [-0.39, 0.29) is 5.91 Å². The van der Waals surface area contributed by atoms with Crippen LogP contribution in [0.5, 0.6) is 0 Å². The van der Waals surface area contributed by atoms with Gasteiger partial charge in [0, 0.05) is 47.6 Å². The Bertz CT molecular complexity index is 1150. The number of hydrogen-bond acceptors (Lipinski definition) is 5. The van der Waals surface area contributed by atoms with Crippen molar-refractivity contribution in [3.05, 3.63) is 71.2 Å². The molecule has 0 fully saturated rings. The lowest BCUT2D eigenvalue weighted by molar-refractivity contribution is -0.118. The van der Waals surface area contributed by atoms with Crippen molar-refractivity contribution < 1.29 is 4.79 Å². The number of imidazole rings is 1. The van der Waals surface area contributed by atoms with Crippen molar-refractivity contribution >= 4 is 67.6 Å². The Morgan fingerprint density at radius 2 is 2.00 bits per heavy atom. The summed E-state index contributed by atoms with van der Waals surface area (Å²) in [7, 11) is 0. The molecule has 31 heavy (non-hydrogen) atoms. The van der Waals surface area contributed by atoms with Crippen LogP contribution in [0, 0.1) is 0 Å². The van der Waals surface area contributed by atoms with E-state index in [2.05, 4.69) is 9.97 Å². The van der Waals surface area contributed by atoms with Crippen LogP contribution in [0.25, 0.3) is 10.2 Å². The standard InChI is InChI=1S/C22H20Cl2N4OS2/c23-16-5-7-17(8-6-16)30-14-9-20(29)28(12-2-11-27-13-10-25-15-27)22-26-21-18(24)3-1-4-19(21)31-22/h1,3-8,10,13,15H,2,9,11-12,14H2. The maximum Gasteiger partial charge on any atom is 0.229 e. The van der Waals surface area contributed by atoms with Gasteiger partial charge in [0.1, 0.15) is 5.52 Å². The van der Waals surface area contributed by atoms with Crippen molar-refractivity contribution in [1.82, 2.24) is 14.5 Å². The second-order valence-electron chi connectivity index (χ2n) is 6.83. The second-order valence-corrected chi connectivity index (χ2v) is 9.86. The molecule has 0 N–H and O–H groups in total. The summed E-state index contributed by atoms with van der Waals surface area (Å²) in [5.41, 5.74) is 0.743. The highest BCUT2D eigenvalue weighted by Crippen LogP contribution is 2.33. The fourth-order valence-corrected chi connectivity index (χ4v) is 5.37. The number of anilines is 1. The van der Waals surface area contributed by atoms with Gasteiger partial charge in [0.2, 0.25) is 5.91 Å². The van der Waals surface area contributed by atoms with Crippen LogP contribution in [0.3, 0.4) is 0 Å². The number of thioether (sulfide) groups is 1. The minimum absolute atomic E-state index is 0.0577. The number of nitrogens with zero attached hydrogens (tertiary/aromatic N) is 4. The number of thiazole rings is 1. The van der Waals surface area contributed by atoms with E-state index in [1.54, 1.807) is 29.2 Å². The maximum atomic E-state index is 13.1.